The molecule has 0 unspecified atom stereocenters. The Morgan fingerprint density at radius 1 is 1.17 bits per heavy atom. The summed E-state index contributed by atoms with van der Waals surface area (Å²) in [6.07, 6.45) is 0. The van der Waals surface area contributed by atoms with Gasteiger partial charge in [0.15, 0.2) is 11.6 Å². The van der Waals surface area contributed by atoms with Crippen molar-refractivity contribution in [2.45, 2.75) is 13.8 Å². The molecule has 0 atom stereocenters. The molecule has 0 aliphatic carbocycles. The van der Waals surface area contributed by atoms with Crippen LogP contribution >= 0.6 is 11.3 Å². The van der Waals surface area contributed by atoms with Gasteiger partial charge in [-0.15, -0.1) is 11.3 Å². The summed E-state index contributed by atoms with van der Waals surface area (Å²) < 4.78 is 25.7. The number of hydrogen-bond acceptors (Lipinski definition) is 2. The highest BCUT2D eigenvalue weighted by molar-refractivity contribution is 7.16. The van der Waals surface area contributed by atoms with Crippen LogP contribution in [0.15, 0.2) is 24.3 Å². The third kappa shape index (κ3) is 2.56. The van der Waals surface area contributed by atoms with E-state index in [1.807, 2.05) is 19.9 Å². The molecule has 0 saturated carbocycles. The minimum atomic E-state index is -1.03. The number of nitrogens with one attached hydrogen (secondary N) is 1. The van der Waals surface area contributed by atoms with E-state index >= 15 is 0 Å². The number of amides is 1. The molecule has 0 aliphatic rings. The van der Waals surface area contributed by atoms with E-state index in [1.54, 1.807) is 0 Å². The lowest BCUT2D eigenvalue weighted by Crippen LogP contribution is -2.11. The van der Waals surface area contributed by atoms with E-state index in [9.17, 15) is 13.6 Å². The zero-order valence-corrected chi connectivity index (χ0v) is 10.7. The lowest BCUT2D eigenvalue weighted by atomic mass is 10.2. The zero-order valence-electron chi connectivity index (χ0n) is 9.88. The predicted octanol–water partition coefficient (Wildman–Crippen LogP) is 3.90. The molecule has 0 saturated heterocycles. The fourth-order valence-electron chi connectivity index (χ4n) is 1.46. The minimum Gasteiger partial charge on any atom is -0.314 e. The van der Waals surface area contributed by atoms with Crippen molar-refractivity contribution in [1.29, 1.82) is 0 Å². The molecular weight excluding hydrogens is 256 g/mol. The molecule has 0 aliphatic heterocycles. The van der Waals surface area contributed by atoms with Crippen LogP contribution in [0.5, 0.6) is 0 Å². The van der Waals surface area contributed by atoms with E-state index in [0.717, 1.165) is 22.6 Å². The number of halogens is 2. The number of thiophene rings is 1. The second-order valence-electron chi connectivity index (χ2n) is 3.93. The Hall–Kier alpha value is -1.75. The van der Waals surface area contributed by atoms with Crippen molar-refractivity contribution in [2.75, 3.05) is 5.32 Å². The Morgan fingerprint density at radius 3 is 2.44 bits per heavy atom. The highest BCUT2D eigenvalue weighted by atomic mass is 32.1. The monoisotopic (exact) mass is 267 g/mol. The molecule has 2 rings (SSSR count). The first-order valence-electron chi connectivity index (χ1n) is 5.31. The van der Waals surface area contributed by atoms with Crippen LogP contribution in [-0.4, -0.2) is 5.91 Å². The maximum absolute atomic E-state index is 13.0. The summed E-state index contributed by atoms with van der Waals surface area (Å²) in [5.74, 6) is -2.44. The van der Waals surface area contributed by atoms with E-state index in [1.165, 1.54) is 17.4 Å². The van der Waals surface area contributed by atoms with E-state index in [0.29, 0.717) is 5.00 Å². The number of carbonyl (C=O) groups excluding carboxylic acids is 1. The van der Waals surface area contributed by atoms with Gasteiger partial charge in [-0.3, -0.25) is 4.79 Å². The highest BCUT2D eigenvalue weighted by Gasteiger charge is 2.11. The van der Waals surface area contributed by atoms with Gasteiger partial charge in [-0.25, -0.2) is 8.78 Å². The molecule has 2 aromatic rings. The van der Waals surface area contributed by atoms with Crippen molar-refractivity contribution in [3.8, 4) is 0 Å². The molecule has 0 fully saturated rings. The van der Waals surface area contributed by atoms with Crippen molar-refractivity contribution >= 4 is 22.2 Å². The molecule has 18 heavy (non-hydrogen) atoms. The summed E-state index contributed by atoms with van der Waals surface area (Å²) in [5.41, 5.74) is 1.18. The molecule has 1 aromatic heterocycles. The third-order valence-corrected chi connectivity index (χ3v) is 3.65. The molecule has 2 nitrogen and oxygen atoms in total. The molecule has 1 heterocycles. The minimum absolute atomic E-state index is 0.0950. The van der Waals surface area contributed by atoms with Crippen molar-refractivity contribution in [3.05, 3.63) is 51.9 Å². The van der Waals surface area contributed by atoms with Crippen molar-refractivity contribution in [3.63, 3.8) is 0 Å². The maximum atomic E-state index is 13.0. The van der Waals surface area contributed by atoms with Gasteiger partial charge in [0.1, 0.15) is 0 Å². The Kier molecular flexibility index (Phi) is 3.43. The van der Waals surface area contributed by atoms with E-state index in [2.05, 4.69) is 5.32 Å². The molecule has 1 N–H and O–H groups in total. The lowest BCUT2D eigenvalue weighted by Gasteiger charge is -2.02. The Bertz CT molecular complexity index is 588. The number of anilines is 1. The van der Waals surface area contributed by atoms with E-state index < -0.39 is 17.5 Å². The average Bonchev–Trinajstić information content (AvgIpc) is 2.61. The fourth-order valence-corrected chi connectivity index (χ4v) is 2.39. The quantitative estimate of drug-likeness (QED) is 0.878. The van der Waals surface area contributed by atoms with Gasteiger partial charge >= 0.3 is 0 Å². The van der Waals surface area contributed by atoms with Gasteiger partial charge in [-0.1, -0.05) is 0 Å². The van der Waals surface area contributed by atoms with Crippen LogP contribution in [0.2, 0.25) is 0 Å². The van der Waals surface area contributed by atoms with Crippen LogP contribution < -0.4 is 5.32 Å². The van der Waals surface area contributed by atoms with Gasteiger partial charge in [0.05, 0.1) is 5.00 Å². The highest BCUT2D eigenvalue weighted by Crippen LogP contribution is 2.26. The molecule has 0 spiro atoms. The Balaban J connectivity index is 2.19. The van der Waals surface area contributed by atoms with Crippen molar-refractivity contribution in [2.24, 2.45) is 0 Å². The van der Waals surface area contributed by atoms with Crippen molar-refractivity contribution in [1.82, 2.24) is 0 Å². The Morgan fingerprint density at radius 2 is 1.89 bits per heavy atom. The van der Waals surface area contributed by atoms with Gasteiger partial charge < -0.3 is 5.32 Å². The largest absolute Gasteiger partial charge is 0.314 e. The summed E-state index contributed by atoms with van der Waals surface area (Å²) >= 11 is 1.44. The third-order valence-electron chi connectivity index (χ3n) is 2.58. The first-order chi connectivity index (χ1) is 8.47. The normalized spacial score (nSPS) is 10.4. The first kappa shape index (κ1) is 12.7. The summed E-state index contributed by atoms with van der Waals surface area (Å²) in [6.45, 7) is 3.90. The Labute approximate surface area is 107 Å². The number of carbonyl (C=O) groups is 1. The average molecular weight is 267 g/mol. The molecule has 5 heteroatoms. The van der Waals surface area contributed by atoms with E-state index in [-0.39, 0.29) is 5.56 Å². The first-order valence-corrected chi connectivity index (χ1v) is 6.12. The number of hydrogen-bond donors (Lipinski definition) is 1. The molecule has 1 amide bonds. The van der Waals surface area contributed by atoms with Crippen LogP contribution in [0.4, 0.5) is 13.8 Å². The zero-order chi connectivity index (χ0) is 13.3. The maximum Gasteiger partial charge on any atom is 0.256 e. The second-order valence-corrected chi connectivity index (χ2v) is 5.19. The second kappa shape index (κ2) is 4.86. The standard InChI is InChI=1S/C13H11F2NOS/c1-7-5-12(18-8(7)2)16-13(17)9-3-4-10(14)11(15)6-9/h3-6H,1-2H3,(H,16,17). The molecular formula is C13H11F2NOS. The SMILES string of the molecule is Cc1cc(NC(=O)c2ccc(F)c(F)c2)sc1C. The topological polar surface area (TPSA) is 29.1 Å². The van der Waals surface area contributed by atoms with Gasteiger partial charge in [0, 0.05) is 10.4 Å². The summed E-state index contributed by atoms with van der Waals surface area (Å²) in [4.78, 5) is 12.9. The fraction of sp³-hybridized carbons (Fsp3) is 0.154. The smallest absolute Gasteiger partial charge is 0.256 e. The van der Waals surface area contributed by atoms with Crippen molar-refractivity contribution < 1.29 is 13.6 Å². The van der Waals surface area contributed by atoms with Gasteiger partial charge in [-0.05, 0) is 43.7 Å². The molecule has 0 radical (unpaired) electrons. The lowest BCUT2D eigenvalue weighted by molar-refractivity contribution is 0.102. The number of benzene rings is 1. The molecule has 1 aromatic carbocycles. The summed E-state index contributed by atoms with van der Waals surface area (Å²) in [7, 11) is 0. The van der Waals surface area contributed by atoms with Gasteiger partial charge in [-0.2, -0.15) is 0 Å². The number of aryl methyl sites for hydroxylation is 2. The van der Waals surface area contributed by atoms with Crippen LogP contribution in [-0.2, 0) is 0 Å². The molecule has 94 valence electrons. The van der Waals surface area contributed by atoms with Gasteiger partial charge in [0.25, 0.3) is 5.91 Å². The van der Waals surface area contributed by atoms with Crippen LogP contribution in [0, 0.1) is 25.5 Å². The number of rotatable bonds is 2. The van der Waals surface area contributed by atoms with Crippen LogP contribution in [0.3, 0.4) is 0 Å². The van der Waals surface area contributed by atoms with Gasteiger partial charge in [0.2, 0.25) is 0 Å². The molecule has 0 bridgehead atoms. The van der Waals surface area contributed by atoms with Crippen LogP contribution in [0.1, 0.15) is 20.8 Å². The summed E-state index contributed by atoms with van der Waals surface area (Å²) in [5, 5.41) is 3.35. The predicted molar refractivity (Wildman–Crippen MR) is 68.1 cm³/mol. The van der Waals surface area contributed by atoms with E-state index in [4.69, 9.17) is 0 Å². The summed E-state index contributed by atoms with van der Waals surface area (Å²) in [6, 6.07) is 4.92. The van der Waals surface area contributed by atoms with Crippen LogP contribution in [0.25, 0.3) is 0 Å².